The number of fused-ring (bicyclic) bond motifs is 1. The molecule has 0 spiro atoms. The van der Waals surface area contributed by atoms with Crippen LogP contribution in [-0.4, -0.2) is 28.3 Å². The van der Waals surface area contributed by atoms with Gasteiger partial charge in [-0.15, -0.1) is 36.6 Å². The molecule has 0 aliphatic rings. The second kappa shape index (κ2) is 7.54. The Bertz CT molecular complexity index is 700. The molecule has 3 rings (SSSR count). The Balaban J connectivity index is 0.00000110. The SMILES string of the molecule is COc1ccc(-c2nc3ccncc3[nH]2)cc1SC.Cl.Cl. The lowest BCUT2D eigenvalue weighted by molar-refractivity contribution is 0.405. The summed E-state index contributed by atoms with van der Waals surface area (Å²) in [4.78, 5) is 13.0. The van der Waals surface area contributed by atoms with Gasteiger partial charge in [-0.05, 0) is 30.5 Å². The number of aromatic amines is 1. The fourth-order valence-electron chi connectivity index (χ4n) is 1.98. The smallest absolute Gasteiger partial charge is 0.138 e. The average molecular weight is 344 g/mol. The van der Waals surface area contributed by atoms with Crippen LogP contribution in [-0.2, 0) is 0 Å². The Morgan fingerprint density at radius 3 is 2.67 bits per heavy atom. The highest BCUT2D eigenvalue weighted by Crippen LogP contribution is 2.31. The van der Waals surface area contributed by atoms with E-state index in [2.05, 4.69) is 21.0 Å². The molecule has 0 bridgehead atoms. The maximum atomic E-state index is 5.32. The van der Waals surface area contributed by atoms with Gasteiger partial charge in [-0.3, -0.25) is 4.98 Å². The normalized spacial score (nSPS) is 9.81. The standard InChI is InChI=1S/C14H13N3OS.2ClH/c1-18-12-4-3-9(7-13(12)19-2)14-16-10-5-6-15-8-11(10)17-14;;/h3-8H,1-2H3,(H,16,17);2*1H. The van der Waals surface area contributed by atoms with Gasteiger partial charge in [0.25, 0.3) is 0 Å². The zero-order valence-corrected chi connectivity index (χ0v) is 13.9. The minimum atomic E-state index is 0. The van der Waals surface area contributed by atoms with Gasteiger partial charge in [0.15, 0.2) is 0 Å². The Kier molecular flexibility index (Phi) is 6.33. The molecule has 0 saturated carbocycles. The van der Waals surface area contributed by atoms with E-state index in [0.29, 0.717) is 0 Å². The summed E-state index contributed by atoms with van der Waals surface area (Å²) in [5, 5.41) is 0. The molecule has 7 heteroatoms. The van der Waals surface area contributed by atoms with Gasteiger partial charge in [0.05, 0.1) is 24.3 Å². The molecular formula is C14H15Cl2N3OS. The highest BCUT2D eigenvalue weighted by Gasteiger charge is 2.08. The van der Waals surface area contributed by atoms with Crippen LogP contribution in [0.3, 0.4) is 0 Å². The number of hydrogen-bond donors (Lipinski definition) is 1. The van der Waals surface area contributed by atoms with Crippen LogP contribution in [0.15, 0.2) is 41.6 Å². The molecule has 21 heavy (non-hydrogen) atoms. The lowest BCUT2D eigenvalue weighted by Crippen LogP contribution is -1.87. The lowest BCUT2D eigenvalue weighted by Gasteiger charge is -2.07. The number of imidazole rings is 1. The van der Waals surface area contributed by atoms with Crippen molar-refractivity contribution in [1.82, 2.24) is 15.0 Å². The number of ether oxygens (including phenoxy) is 1. The molecule has 0 aliphatic carbocycles. The Morgan fingerprint density at radius 2 is 2.00 bits per heavy atom. The summed E-state index contributed by atoms with van der Waals surface area (Å²) in [5.74, 6) is 1.73. The zero-order chi connectivity index (χ0) is 13.2. The number of nitrogens with one attached hydrogen (secondary N) is 1. The van der Waals surface area contributed by atoms with Crippen molar-refractivity contribution in [2.24, 2.45) is 0 Å². The highest BCUT2D eigenvalue weighted by molar-refractivity contribution is 7.98. The summed E-state index contributed by atoms with van der Waals surface area (Å²) in [7, 11) is 1.68. The minimum absolute atomic E-state index is 0. The quantitative estimate of drug-likeness (QED) is 0.724. The third-order valence-corrected chi connectivity index (χ3v) is 3.70. The number of pyridine rings is 1. The molecule has 0 saturated heterocycles. The molecule has 2 aromatic heterocycles. The summed E-state index contributed by atoms with van der Waals surface area (Å²) in [6, 6.07) is 7.94. The number of aromatic nitrogens is 3. The molecule has 2 heterocycles. The number of halogens is 2. The molecule has 1 N–H and O–H groups in total. The van der Waals surface area contributed by atoms with Crippen molar-refractivity contribution in [3.63, 3.8) is 0 Å². The second-order valence-corrected chi connectivity index (χ2v) is 4.90. The molecule has 0 unspecified atom stereocenters. The van der Waals surface area contributed by atoms with Gasteiger partial charge in [0, 0.05) is 16.7 Å². The zero-order valence-electron chi connectivity index (χ0n) is 11.5. The first kappa shape index (κ1) is 17.6. The number of rotatable bonds is 3. The third-order valence-electron chi connectivity index (χ3n) is 2.94. The molecule has 3 aromatic rings. The van der Waals surface area contributed by atoms with Crippen molar-refractivity contribution in [1.29, 1.82) is 0 Å². The van der Waals surface area contributed by atoms with Crippen molar-refractivity contribution in [3.05, 3.63) is 36.7 Å². The van der Waals surface area contributed by atoms with E-state index < -0.39 is 0 Å². The molecule has 0 atom stereocenters. The number of benzene rings is 1. The first-order chi connectivity index (χ1) is 9.31. The van der Waals surface area contributed by atoms with E-state index in [0.717, 1.165) is 33.1 Å². The number of methoxy groups -OCH3 is 1. The summed E-state index contributed by atoms with van der Waals surface area (Å²) < 4.78 is 5.32. The van der Waals surface area contributed by atoms with E-state index in [1.807, 2.05) is 24.5 Å². The summed E-state index contributed by atoms with van der Waals surface area (Å²) >= 11 is 1.66. The summed E-state index contributed by atoms with van der Waals surface area (Å²) in [5.41, 5.74) is 2.91. The molecule has 112 valence electrons. The fraction of sp³-hybridized carbons (Fsp3) is 0.143. The Hall–Kier alpha value is -1.43. The number of nitrogens with zero attached hydrogens (tertiary/aromatic N) is 2. The molecule has 0 aliphatic heterocycles. The Morgan fingerprint density at radius 1 is 1.19 bits per heavy atom. The van der Waals surface area contributed by atoms with Crippen molar-refractivity contribution in [2.75, 3.05) is 13.4 Å². The van der Waals surface area contributed by atoms with Gasteiger partial charge in [-0.1, -0.05) is 0 Å². The van der Waals surface area contributed by atoms with Crippen LogP contribution in [0.2, 0.25) is 0 Å². The third kappa shape index (κ3) is 3.43. The van der Waals surface area contributed by atoms with Crippen LogP contribution in [0.4, 0.5) is 0 Å². The van der Waals surface area contributed by atoms with Crippen LogP contribution < -0.4 is 4.74 Å². The fourth-order valence-corrected chi connectivity index (χ4v) is 2.57. The van der Waals surface area contributed by atoms with E-state index in [9.17, 15) is 0 Å². The summed E-state index contributed by atoms with van der Waals surface area (Å²) in [6.45, 7) is 0. The lowest BCUT2D eigenvalue weighted by atomic mass is 10.2. The highest BCUT2D eigenvalue weighted by atomic mass is 35.5. The Labute approximate surface area is 139 Å². The van der Waals surface area contributed by atoms with Crippen molar-refractivity contribution in [2.45, 2.75) is 4.90 Å². The molecule has 4 nitrogen and oxygen atoms in total. The van der Waals surface area contributed by atoms with Crippen molar-refractivity contribution < 1.29 is 4.74 Å². The van der Waals surface area contributed by atoms with E-state index in [1.54, 1.807) is 31.3 Å². The van der Waals surface area contributed by atoms with Gasteiger partial charge >= 0.3 is 0 Å². The first-order valence-corrected chi connectivity index (χ1v) is 7.06. The maximum Gasteiger partial charge on any atom is 0.138 e. The van der Waals surface area contributed by atoms with Gasteiger partial charge in [-0.25, -0.2) is 4.98 Å². The molecule has 0 fully saturated rings. The molecule has 1 aromatic carbocycles. The minimum Gasteiger partial charge on any atom is -0.496 e. The van der Waals surface area contributed by atoms with Crippen molar-refractivity contribution in [3.8, 4) is 17.1 Å². The predicted molar refractivity (Wildman–Crippen MR) is 92.2 cm³/mol. The molecule has 0 amide bonds. The monoisotopic (exact) mass is 343 g/mol. The van der Waals surface area contributed by atoms with Gasteiger partial charge in [-0.2, -0.15) is 0 Å². The average Bonchev–Trinajstić information content (AvgIpc) is 2.90. The second-order valence-electron chi connectivity index (χ2n) is 4.05. The predicted octanol–water partition coefficient (Wildman–Crippen LogP) is 4.20. The van der Waals surface area contributed by atoms with E-state index in [4.69, 9.17) is 4.74 Å². The van der Waals surface area contributed by atoms with Crippen LogP contribution in [0.1, 0.15) is 0 Å². The summed E-state index contributed by atoms with van der Waals surface area (Å²) in [6.07, 6.45) is 5.56. The van der Waals surface area contributed by atoms with Gasteiger partial charge < -0.3 is 9.72 Å². The van der Waals surface area contributed by atoms with E-state index in [-0.39, 0.29) is 24.8 Å². The number of thioether (sulfide) groups is 1. The molecular weight excluding hydrogens is 329 g/mol. The first-order valence-electron chi connectivity index (χ1n) is 5.84. The van der Waals surface area contributed by atoms with Crippen LogP contribution in [0.25, 0.3) is 22.4 Å². The van der Waals surface area contributed by atoms with Crippen molar-refractivity contribution >= 4 is 47.6 Å². The number of H-pyrrole nitrogens is 1. The van der Waals surface area contributed by atoms with Gasteiger partial charge in [0.1, 0.15) is 11.6 Å². The van der Waals surface area contributed by atoms with E-state index in [1.165, 1.54) is 0 Å². The van der Waals surface area contributed by atoms with E-state index >= 15 is 0 Å². The topological polar surface area (TPSA) is 50.8 Å². The number of hydrogen-bond acceptors (Lipinski definition) is 4. The molecule has 0 radical (unpaired) electrons. The van der Waals surface area contributed by atoms with Crippen LogP contribution in [0, 0.1) is 0 Å². The van der Waals surface area contributed by atoms with Crippen LogP contribution >= 0.6 is 36.6 Å². The van der Waals surface area contributed by atoms with Crippen LogP contribution in [0.5, 0.6) is 5.75 Å². The van der Waals surface area contributed by atoms with Gasteiger partial charge in [0.2, 0.25) is 0 Å². The maximum absolute atomic E-state index is 5.32. The largest absolute Gasteiger partial charge is 0.496 e.